The molecule has 0 atom stereocenters. The molecule has 0 radical (unpaired) electrons. The predicted octanol–water partition coefficient (Wildman–Crippen LogP) is 2.12. The van der Waals surface area contributed by atoms with Gasteiger partial charge in [0, 0.05) is 26.7 Å². The number of ether oxygens (including phenoxy) is 2. The number of hydrogen-bond donors (Lipinski definition) is 2. The third-order valence-corrected chi connectivity index (χ3v) is 2.35. The molecule has 0 aliphatic carbocycles. The zero-order valence-corrected chi connectivity index (χ0v) is 11.5. The predicted molar refractivity (Wildman–Crippen MR) is 75.4 cm³/mol. The summed E-state index contributed by atoms with van der Waals surface area (Å²) in [6.45, 7) is 7.45. The van der Waals surface area contributed by atoms with Gasteiger partial charge < -0.3 is 20.1 Å². The van der Waals surface area contributed by atoms with E-state index >= 15 is 0 Å². The summed E-state index contributed by atoms with van der Waals surface area (Å²) in [7, 11) is 1.71. The smallest absolute Gasteiger partial charge is 0.142 e. The quantitative estimate of drug-likeness (QED) is 0.661. The third kappa shape index (κ3) is 5.89. The fraction of sp³-hybridized carbons (Fsp3) is 0.571. The van der Waals surface area contributed by atoms with Crippen molar-refractivity contribution in [3.63, 3.8) is 0 Å². The Morgan fingerprint density at radius 1 is 1.11 bits per heavy atom. The maximum Gasteiger partial charge on any atom is 0.142 e. The van der Waals surface area contributed by atoms with E-state index in [1.54, 1.807) is 7.11 Å². The fourth-order valence-electron chi connectivity index (χ4n) is 1.55. The van der Waals surface area contributed by atoms with E-state index in [1.807, 2.05) is 38.1 Å². The van der Waals surface area contributed by atoms with E-state index in [0.29, 0.717) is 0 Å². The van der Waals surface area contributed by atoms with Crippen molar-refractivity contribution in [2.24, 2.45) is 0 Å². The molecular weight excluding hydrogens is 228 g/mol. The van der Waals surface area contributed by atoms with Crippen LogP contribution in [0, 0.1) is 0 Å². The summed E-state index contributed by atoms with van der Waals surface area (Å²) in [4.78, 5) is 0. The molecule has 0 unspecified atom stereocenters. The second-order valence-electron chi connectivity index (χ2n) is 4.33. The minimum Gasteiger partial charge on any atom is -0.489 e. The third-order valence-electron chi connectivity index (χ3n) is 2.35. The lowest BCUT2D eigenvalue weighted by Crippen LogP contribution is -2.25. The highest BCUT2D eigenvalue weighted by Gasteiger charge is 2.03. The molecule has 4 nitrogen and oxygen atoms in total. The van der Waals surface area contributed by atoms with Crippen molar-refractivity contribution in [1.29, 1.82) is 0 Å². The van der Waals surface area contributed by atoms with Crippen molar-refractivity contribution >= 4 is 5.69 Å². The number of methoxy groups -OCH3 is 1. The van der Waals surface area contributed by atoms with Crippen LogP contribution in [-0.2, 0) is 4.74 Å². The lowest BCUT2D eigenvalue weighted by molar-refractivity contribution is 0.200. The molecule has 1 rings (SSSR count). The molecule has 0 saturated carbocycles. The van der Waals surface area contributed by atoms with Crippen LogP contribution < -0.4 is 15.4 Å². The summed E-state index contributed by atoms with van der Waals surface area (Å²) in [5, 5.41) is 6.66. The first-order chi connectivity index (χ1) is 8.74. The standard InChI is InChI=1S/C14H24N2O2/c1-12(2)18-14-7-5-4-6-13(14)16-9-8-15-10-11-17-3/h4-7,12,15-16H,8-11H2,1-3H3. The lowest BCUT2D eigenvalue weighted by Gasteiger charge is -2.15. The lowest BCUT2D eigenvalue weighted by atomic mass is 10.3. The Hall–Kier alpha value is -1.26. The number of anilines is 1. The number of para-hydroxylation sites is 2. The van der Waals surface area contributed by atoms with Crippen molar-refractivity contribution in [2.75, 3.05) is 38.7 Å². The number of rotatable bonds is 9. The van der Waals surface area contributed by atoms with Crippen molar-refractivity contribution in [1.82, 2.24) is 5.32 Å². The topological polar surface area (TPSA) is 42.5 Å². The minimum atomic E-state index is 0.188. The zero-order chi connectivity index (χ0) is 13.2. The van der Waals surface area contributed by atoms with Crippen LogP contribution in [0.5, 0.6) is 5.75 Å². The van der Waals surface area contributed by atoms with Crippen LogP contribution in [0.4, 0.5) is 5.69 Å². The molecule has 4 heteroatoms. The fourth-order valence-corrected chi connectivity index (χ4v) is 1.55. The zero-order valence-electron chi connectivity index (χ0n) is 11.5. The second kappa shape index (κ2) is 8.78. The molecule has 0 saturated heterocycles. The molecule has 0 aromatic heterocycles. The van der Waals surface area contributed by atoms with Gasteiger partial charge in [0.15, 0.2) is 0 Å². The van der Waals surface area contributed by atoms with Gasteiger partial charge in [0.1, 0.15) is 5.75 Å². The van der Waals surface area contributed by atoms with Crippen LogP contribution in [0.1, 0.15) is 13.8 Å². The minimum absolute atomic E-state index is 0.188. The molecule has 0 aliphatic heterocycles. The maximum absolute atomic E-state index is 5.74. The first-order valence-electron chi connectivity index (χ1n) is 6.43. The summed E-state index contributed by atoms with van der Waals surface area (Å²) in [5.74, 6) is 0.907. The van der Waals surface area contributed by atoms with E-state index in [1.165, 1.54) is 0 Å². The van der Waals surface area contributed by atoms with Crippen LogP contribution in [0.15, 0.2) is 24.3 Å². The average Bonchev–Trinajstić information content (AvgIpc) is 2.35. The molecule has 1 aromatic carbocycles. The van der Waals surface area contributed by atoms with Crippen molar-refractivity contribution in [3.8, 4) is 5.75 Å². The number of hydrogen-bond acceptors (Lipinski definition) is 4. The van der Waals surface area contributed by atoms with Crippen LogP contribution in [0.2, 0.25) is 0 Å². The van der Waals surface area contributed by atoms with Gasteiger partial charge >= 0.3 is 0 Å². The van der Waals surface area contributed by atoms with E-state index in [-0.39, 0.29) is 6.10 Å². The second-order valence-corrected chi connectivity index (χ2v) is 4.33. The first-order valence-corrected chi connectivity index (χ1v) is 6.43. The Labute approximate surface area is 110 Å². The van der Waals surface area contributed by atoms with Crippen molar-refractivity contribution < 1.29 is 9.47 Å². The van der Waals surface area contributed by atoms with Gasteiger partial charge in [-0.15, -0.1) is 0 Å². The first kappa shape index (κ1) is 14.8. The highest BCUT2D eigenvalue weighted by Crippen LogP contribution is 2.24. The Kier molecular flexibility index (Phi) is 7.22. The van der Waals surface area contributed by atoms with Crippen LogP contribution >= 0.6 is 0 Å². The Balaban J connectivity index is 2.32. The summed E-state index contributed by atoms with van der Waals surface area (Å²) < 4.78 is 10.7. The molecule has 102 valence electrons. The summed E-state index contributed by atoms with van der Waals surface area (Å²) >= 11 is 0. The molecule has 0 spiro atoms. The molecule has 2 N–H and O–H groups in total. The van der Waals surface area contributed by atoms with Gasteiger partial charge in [-0.3, -0.25) is 0 Å². The molecule has 0 bridgehead atoms. The van der Waals surface area contributed by atoms with E-state index in [0.717, 1.165) is 37.7 Å². The van der Waals surface area contributed by atoms with Gasteiger partial charge in [0.25, 0.3) is 0 Å². The molecule has 0 fully saturated rings. The largest absolute Gasteiger partial charge is 0.489 e. The van der Waals surface area contributed by atoms with Crippen LogP contribution in [0.3, 0.4) is 0 Å². The number of benzene rings is 1. The van der Waals surface area contributed by atoms with Gasteiger partial charge in [-0.2, -0.15) is 0 Å². The summed E-state index contributed by atoms with van der Waals surface area (Å²) in [5.41, 5.74) is 1.04. The van der Waals surface area contributed by atoms with E-state index < -0.39 is 0 Å². The molecule has 1 aromatic rings. The van der Waals surface area contributed by atoms with Crippen LogP contribution in [-0.4, -0.2) is 39.5 Å². The monoisotopic (exact) mass is 252 g/mol. The molecule has 0 aliphatic rings. The molecule has 18 heavy (non-hydrogen) atoms. The normalized spacial score (nSPS) is 10.7. The van der Waals surface area contributed by atoms with Gasteiger partial charge in [-0.05, 0) is 26.0 Å². The van der Waals surface area contributed by atoms with E-state index in [4.69, 9.17) is 9.47 Å². The highest BCUT2D eigenvalue weighted by atomic mass is 16.5. The molecule has 0 amide bonds. The Morgan fingerprint density at radius 3 is 2.61 bits per heavy atom. The van der Waals surface area contributed by atoms with Gasteiger partial charge in [-0.1, -0.05) is 12.1 Å². The van der Waals surface area contributed by atoms with Crippen molar-refractivity contribution in [3.05, 3.63) is 24.3 Å². The molecular formula is C14H24N2O2. The number of nitrogens with one attached hydrogen (secondary N) is 2. The van der Waals surface area contributed by atoms with E-state index in [9.17, 15) is 0 Å². The summed E-state index contributed by atoms with van der Waals surface area (Å²) in [6.07, 6.45) is 0.188. The summed E-state index contributed by atoms with van der Waals surface area (Å²) in [6, 6.07) is 8.02. The van der Waals surface area contributed by atoms with Crippen molar-refractivity contribution in [2.45, 2.75) is 20.0 Å². The van der Waals surface area contributed by atoms with Gasteiger partial charge in [-0.25, -0.2) is 0 Å². The Morgan fingerprint density at radius 2 is 1.89 bits per heavy atom. The molecule has 0 heterocycles. The SMILES string of the molecule is COCCNCCNc1ccccc1OC(C)C. The van der Waals surface area contributed by atoms with Crippen LogP contribution in [0.25, 0.3) is 0 Å². The van der Waals surface area contributed by atoms with Gasteiger partial charge in [0.2, 0.25) is 0 Å². The van der Waals surface area contributed by atoms with E-state index in [2.05, 4.69) is 10.6 Å². The van der Waals surface area contributed by atoms with Gasteiger partial charge in [0.05, 0.1) is 18.4 Å². The highest BCUT2D eigenvalue weighted by molar-refractivity contribution is 5.56. The Bertz CT molecular complexity index is 329. The average molecular weight is 252 g/mol. The maximum atomic E-state index is 5.74.